The highest BCUT2D eigenvalue weighted by Crippen LogP contribution is 2.29. The van der Waals surface area contributed by atoms with Gasteiger partial charge in [0.2, 0.25) is 0 Å². The minimum Gasteiger partial charge on any atom is -0.497 e. The number of thioether (sulfide) groups is 1. The van der Waals surface area contributed by atoms with Gasteiger partial charge >= 0.3 is 0 Å². The maximum absolute atomic E-state index is 12.6. The molecule has 3 aromatic carbocycles. The van der Waals surface area contributed by atoms with Crippen molar-refractivity contribution in [2.24, 2.45) is 5.10 Å². The Morgan fingerprint density at radius 2 is 1.53 bits per heavy atom. The number of ether oxygens (including phenoxy) is 2. The number of nitrogens with zero attached hydrogens (tertiary/aromatic N) is 4. The second-order valence-electron chi connectivity index (χ2n) is 7.96. The van der Waals surface area contributed by atoms with E-state index in [4.69, 9.17) is 9.47 Å². The van der Waals surface area contributed by atoms with Crippen molar-refractivity contribution in [1.82, 2.24) is 20.2 Å². The number of methoxy groups -OCH3 is 2. The fourth-order valence-electron chi connectivity index (χ4n) is 3.42. The number of carbonyl (C=O) groups is 1. The van der Waals surface area contributed by atoms with Gasteiger partial charge in [0.25, 0.3) is 5.91 Å². The first-order chi connectivity index (χ1) is 17.5. The smallest absolute Gasteiger partial charge is 0.250 e. The number of hydrogen-bond donors (Lipinski definition) is 1. The zero-order chi connectivity index (χ0) is 25.5. The number of hydrogen-bond acceptors (Lipinski definition) is 7. The summed E-state index contributed by atoms with van der Waals surface area (Å²) in [7, 11) is 3.25. The molecule has 0 fully saturated rings. The van der Waals surface area contributed by atoms with Crippen LogP contribution in [0.4, 0.5) is 0 Å². The molecule has 4 aromatic rings. The largest absolute Gasteiger partial charge is 0.497 e. The van der Waals surface area contributed by atoms with E-state index in [1.54, 1.807) is 14.2 Å². The topological polar surface area (TPSA) is 90.6 Å². The third-order valence-electron chi connectivity index (χ3n) is 5.46. The molecule has 0 aliphatic heterocycles. The second kappa shape index (κ2) is 11.5. The van der Waals surface area contributed by atoms with E-state index in [1.807, 2.05) is 91.2 Å². The summed E-state index contributed by atoms with van der Waals surface area (Å²) in [6, 6.07) is 23.2. The van der Waals surface area contributed by atoms with Gasteiger partial charge < -0.3 is 9.47 Å². The summed E-state index contributed by atoms with van der Waals surface area (Å²) >= 11 is 1.29. The van der Waals surface area contributed by atoms with E-state index >= 15 is 0 Å². The first-order valence-corrected chi connectivity index (χ1v) is 12.2. The van der Waals surface area contributed by atoms with Crippen LogP contribution in [0.3, 0.4) is 0 Å². The predicted molar refractivity (Wildman–Crippen MR) is 142 cm³/mol. The Kier molecular flexibility index (Phi) is 8.02. The van der Waals surface area contributed by atoms with Gasteiger partial charge in [-0.3, -0.25) is 9.36 Å². The highest BCUT2D eigenvalue weighted by atomic mass is 32.2. The van der Waals surface area contributed by atoms with Crippen LogP contribution in [-0.2, 0) is 4.79 Å². The SMILES string of the molecule is COc1ccc(/C(C)=N/NC(=O)CSc2nnc(-c3ccc(C)cc3)n2-c2ccc(OC)cc2)cc1. The van der Waals surface area contributed by atoms with E-state index in [1.165, 1.54) is 11.8 Å². The van der Waals surface area contributed by atoms with E-state index < -0.39 is 0 Å². The number of benzene rings is 3. The zero-order valence-electron chi connectivity index (χ0n) is 20.6. The lowest BCUT2D eigenvalue weighted by Gasteiger charge is -2.11. The third kappa shape index (κ3) is 5.92. The number of aromatic nitrogens is 3. The number of hydrazone groups is 1. The molecule has 0 aliphatic carbocycles. The van der Waals surface area contributed by atoms with Gasteiger partial charge in [-0.15, -0.1) is 10.2 Å². The van der Waals surface area contributed by atoms with Crippen molar-refractivity contribution < 1.29 is 14.3 Å². The van der Waals surface area contributed by atoms with Crippen molar-refractivity contribution >= 4 is 23.4 Å². The lowest BCUT2D eigenvalue weighted by atomic mass is 10.1. The summed E-state index contributed by atoms with van der Waals surface area (Å²) in [5.41, 5.74) is 7.17. The molecule has 0 unspecified atom stereocenters. The van der Waals surface area contributed by atoms with Crippen LogP contribution < -0.4 is 14.9 Å². The van der Waals surface area contributed by atoms with Crippen LogP contribution in [0.25, 0.3) is 17.1 Å². The molecule has 0 aliphatic rings. The molecule has 0 radical (unpaired) electrons. The van der Waals surface area contributed by atoms with Crippen molar-refractivity contribution in [1.29, 1.82) is 0 Å². The number of nitrogens with one attached hydrogen (secondary N) is 1. The van der Waals surface area contributed by atoms with Crippen LogP contribution in [0.2, 0.25) is 0 Å². The predicted octanol–water partition coefficient (Wildman–Crippen LogP) is 4.89. The van der Waals surface area contributed by atoms with E-state index in [9.17, 15) is 4.79 Å². The summed E-state index contributed by atoms with van der Waals surface area (Å²) in [6.45, 7) is 3.88. The molecule has 0 saturated heterocycles. The average Bonchev–Trinajstić information content (AvgIpc) is 3.35. The molecule has 1 N–H and O–H groups in total. The molecule has 1 heterocycles. The van der Waals surface area contributed by atoms with Crippen molar-refractivity contribution in [2.45, 2.75) is 19.0 Å². The summed E-state index contributed by atoms with van der Waals surface area (Å²) in [5, 5.41) is 13.6. The maximum Gasteiger partial charge on any atom is 0.250 e. The van der Waals surface area contributed by atoms with Gasteiger partial charge in [-0.2, -0.15) is 5.10 Å². The fraction of sp³-hybridized carbons (Fsp3) is 0.185. The molecule has 8 nitrogen and oxygen atoms in total. The number of amides is 1. The molecule has 9 heteroatoms. The summed E-state index contributed by atoms with van der Waals surface area (Å²) in [4.78, 5) is 12.6. The molecule has 0 saturated carbocycles. The quantitative estimate of drug-likeness (QED) is 0.199. The third-order valence-corrected chi connectivity index (χ3v) is 6.39. The number of rotatable bonds is 9. The van der Waals surface area contributed by atoms with Gasteiger partial charge in [-0.1, -0.05) is 41.6 Å². The van der Waals surface area contributed by atoms with Gasteiger partial charge in [0.15, 0.2) is 11.0 Å². The van der Waals surface area contributed by atoms with Crippen molar-refractivity contribution in [3.05, 3.63) is 83.9 Å². The number of carbonyl (C=O) groups excluding carboxylic acids is 1. The first kappa shape index (κ1) is 25.0. The van der Waals surface area contributed by atoms with E-state index in [2.05, 4.69) is 20.7 Å². The van der Waals surface area contributed by atoms with Gasteiger partial charge in [-0.05, 0) is 67.9 Å². The van der Waals surface area contributed by atoms with Crippen LogP contribution in [0.1, 0.15) is 18.1 Å². The molecule has 0 atom stereocenters. The lowest BCUT2D eigenvalue weighted by molar-refractivity contribution is -0.118. The van der Waals surface area contributed by atoms with Gasteiger partial charge in [0.1, 0.15) is 11.5 Å². The molecule has 4 rings (SSSR count). The van der Waals surface area contributed by atoms with Crippen LogP contribution in [0.15, 0.2) is 83.1 Å². The van der Waals surface area contributed by atoms with Gasteiger partial charge in [-0.25, -0.2) is 5.43 Å². The molecular formula is C27H27N5O3S. The first-order valence-electron chi connectivity index (χ1n) is 11.3. The average molecular weight is 502 g/mol. The normalized spacial score (nSPS) is 11.3. The fourth-order valence-corrected chi connectivity index (χ4v) is 4.17. The van der Waals surface area contributed by atoms with Crippen molar-refractivity contribution in [2.75, 3.05) is 20.0 Å². The Balaban J connectivity index is 1.51. The van der Waals surface area contributed by atoms with Crippen LogP contribution >= 0.6 is 11.8 Å². The van der Waals surface area contributed by atoms with Crippen LogP contribution in [0, 0.1) is 6.92 Å². The standard InChI is InChI=1S/C27H27N5O3S/c1-18-5-7-21(8-6-18)26-30-31-27(32(26)22-11-15-24(35-4)16-12-22)36-17-25(33)29-28-19(2)20-9-13-23(34-3)14-10-20/h5-16H,17H2,1-4H3,(H,29,33)/b28-19+. The minimum absolute atomic E-state index is 0.127. The van der Waals surface area contributed by atoms with E-state index in [-0.39, 0.29) is 11.7 Å². The summed E-state index contributed by atoms with van der Waals surface area (Å²) in [5.74, 6) is 2.09. The molecular weight excluding hydrogens is 474 g/mol. The Morgan fingerprint density at radius 1 is 0.917 bits per heavy atom. The summed E-state index contributed by atoms with van der Waals surface area (Å²) in [6.07, 6.45) is 0. The molecule has 1 aromatic heterocycles. The summed E-state index contributed by atoms with van der Waals surface area (Å²) < 4.78 is 12.4. The number of aryl methyl sites for hydroxylation is 1. The van der Waals surface area contributed by atoms with Crippen LogP contribution in [0.5, 0.6) is 11.5 Å². The molecule has 0 bridgehead atoms. The molecule has 0 spiro atoms. The Labute approximate surface area is 214 Å². The van der Waals surface area contributed by atoms with E-state index in [0.717, 1.165) is 33.9 Å². The van der Waals surface area contributed by atoms with Crippen LogP contribution in [-0.4, -0.2) is 46.4 Å². The van der Waals surface area contributed by atoms with Crippen molar-refractivity contribution in [3.63, 3.8) is 0 Å². The van der Waals surface area contributed by atoms with Gasteiger partial charge in [0, 0.05) is 11.3 Å². The monoisotopic (exact) mass is 501 g/mol. The lowest BCUT2D eigenvalue weighted by Crippen LogP contribution is -2.21. The zero-order valence-corrected chi connectivity index (χ0v) is 21.4. The van der Waals surface area contributed by atoms with Crippen molar-refractivity contribution in [3.8, 4) is 28.6 Å². The molecule has 36 heavy (non-hydrogen) atoms. The Hall–Kier alpha value is -4.11. The molecule has 184 valence electrons. The maximum atomic E-state index is 12.6. The van der Waals surface area contributed by atoms with Gasteiger partial charge in [0.05, 0.1) is 25.7 Å². The highest BCUT2D eigenvalue weighted by molar-refractivity contribution is 7.99. The Morgan fingerprint density at radius 3 is 2.14 bits per heavy atom. The minimum atomic E-state index is -0.242. The second-order valence-corrected chi connectivity index (χ2v) is 8.90. The Bertz CT molecular complexity index is 1350. The molecule has 1 amide bonds. The van der Waals surface area contributed by atoms with E-state index in [0.29, 0.717) is 16.7 Å². The highest BCUT2D eigenvalue weighted by Gasteiger charge is 2.17.